The molecule has 0 amide bonds. The normalized spacial score (nSPS) is 10.7. The van der Waals surface area contributed by atoms with Crippen LogP contribution in [0.25, 0.3) is 6.08 Å². The molecule has 2 rings (SSSR count). The molecule has 0 aliphatic rings. The van der Waals surface area contributed by atoms with Gasteiger partial charge in [-0.15, -0.1) is 0 Å². The quantitative estimate of drug-likeness (QED) is 0.297. The molecule has 5 heteroatoms. The molecule has 0 fully saturated rings. The Morgan fingerprint density at radius 1 is 1.10 bits per heavy atom. The molecule has 0 unspecified atom stereocenters. The molecular formula is C16H11NO4. The highest BCUT2D eigenvalue weighted by Gasteiger charge is 2.12. The molecule has 2 aromatic carbocycles. The van der Waals surface area contributed by atoms with Gasteiger partial charge in [-0.05, 0) is 35.9 Å². The number of nitriles is 1. The van der Waals surface area contributed by atoms with Crippen molar-refractivity contribution < 1.29 is 19.7 Å². The van der Waals surface area contributed by atoms with Gasteiger partial charge in [0.05, 0.1) is 0 Å². The maximum Gasteiger partial charge on any atom is 0.354 e. The number of phenols is 2. The summed E-state index contributed by atoms with van der Waals surface area (Å²) in [5.74, 6) is -1.08. The highest BCUT2D eigenvalue weighted by molar-refractivity contribution is 5.99. The summed E-state index contributed by atoms with van der Waals surface area (Å²) in [6.07, 6.45) is 1.27. The Hall–Kier alpha value is -3.26. The lowest BCUT2D eigenvalue weighted by atomic mass is 10.1. The third-order valence-corrected chi connectivity index (χ3v) is 2.60. The molecule has 0 spiro atoms. The Balaban J connectivity index is 2.22. The van der Waals surface area contributed by atoms with Gasteiger partial charge in [0.15, 0.2) is 11.5 Å². The van der Waals surface area contributed by atoms with Crippen LogP contribution in [-0.2, 0) is 4.79 Å². The fraction of sp³-hybridized carbons (Fsp3) is 0. The first kappa shape index (κ1) is 14.2. The van der Waals surface area contributed by atoms with Crippen LogP contribution in [0.15, 0.2) is 54.1 Å². The highest BCUT2D eigenvalue weighted by atomic mass is 16.5. The minimum atomic E-state index is -0.795. The second-order valence-corrected chi connectivity index (χ2v) is 4.12. The largest absolute Gasteiger partial charge is 0.504 e. The van der Waals surface area contributed by atoms with E-state index in [2.05, 4.69) is 0 Å². The van der Waals surface area contributed by atoms with Gasteiger partial charge >= 0.3 is 5.97 Å². The lowest BCUT2D eigenvalue weighted by Gasteiger charge is -2.03. The van der Waals surface area contributed by atoms with Gasteiger partial charge in [0.25, 0.3) is 0 Å². The molecule has 0 heterocycles. The minimum Gasteiger partial charge on any atom is -0.504 e. The maximum absolute atomic E-state index is 11.9. The predicted molar refractivity (Wildman–Crippen MR) is 75.4 cm³/mol. The van der Waals surface area contributed by atoms with Crippen molar-refractivity contribution in [1.82, 2.24) is 0 Å². The van der Waals surface area contributed by atoms with Crippen LogP contribution < -0.4 is 4.74 Å². The average Bonchev–Trinajstić information content (AvgIpc) is 2.49. The number of carbonyl (C=O) groups is 1. The van der Waals surface area contributed by atoms with Gasteiger partial charge < -0.3 is 14.9 Å². The zero-order valence-electron chi connectivity index (χ0n) is 10.9. The van der Waals surface area contributed by atoms with Gasteiger partial charge in [0.2, 0.25) is 0 Å². The summed E-state index contributed by atoms with van der Waals surface area (Å²) in [6.45, 7) is 0. The molecule has 5 nitrogen and oxygen atoms in total. The number of ether oxygens (including phenoxy) is 1. The van der Waals surface area contributed by atoms with E-state index in [1.807, 2.05) is 0 Å². The van der Waals surface area contributed by atoms with Crippen LogP contribution >= 0.6 is 0 Å². The second kappa shape index (κ2) is 6.26. The van der Waals surface area contributed by atoms with E-state index in [1.165, 1.54) is 24.3 Å². The number of hydrogen-bond acceptors (Lipinski definition) is 5. The summed E-state index contributed by atoms with van der Waals surface area (Å²) in [7, 11) is 0. The van der Waals surface area contributed by atoms with Crippen LogP contribution in [0.4, 0.5) is 0 Å². The molecule has 2 N–H and O–H groups in total. The lowest BCUT2D eigenvalue weighted by Crippen LogP contribution is -2.09. The molecule has 104 valence electrons. The number of rotatable bonds is 3. The zero-order valence-corrected chi connectivity index (χ0v) is 10.9. The number of benzene rings is 2. The van der Waals surface area contributed by atoms with Crippen molar-refractivity contribution in [2.75, 3.05) is 0 Å². The van der Waals surface area contributed by atoms with Gasteiger partial charge in [-0.3, -0.25) is 0 Å². The van der Waals surface area contributed by atoms with Crippen molar-refractivity contribution in [1.29, 1.82) is 5.26 Å². The first-order chi connectivity index (χ1) is 10.1. The molecule has 0 aromatic heterocycles. The molecule has 0 aliphatic carbocycles. The van der Waals surface area contributed by atoms with E-state index in [4.69, 9.17) is 10.00 Å². The predicted octanol–water partition coefficient (Wildman–Crippen LogP) is 2.61. The Kier molecular flexibility index (Phi) is 4.22. The number of esters is 1. The Labute approximate surface area is 121 Å². The Morgan fingerprint density at radius 2 is 1.81 bits per heavy atom. The van der Waals surface area contributed by atoms with Gasteiger partial charge in [0, 0.05) is 0 Å². The summed E-state index contributed by atoms with van der Waals surface area (Å²) >= 11 is 0. The van der Waals surface area contributed by atoms with Crippen LogP contribution in [0.1, 0.15) is 5.56 Å². The first-order valence-corrected chi connectivity index (χ1v) is 6.01. The average molecular weight is 281 g/mol. The summed E-state index contributed by atoms with van der Waals surface area (Å²) in [4.78, 5) is 11.9. The SMILES string of the molecule is N#C/C(=C\c1ccc(O)c(O)c1)C(=O)Oc1ccccc1. The lowest BCUT2D eigenvalue weighted by molar-refractivity contribution is -0.129. The molecule has 21 heavy (non-hydrogen) atoms. The van der Waals surface area contributed by atoms with Gasteiger partial charge in [0.1, 0.15) is 17.4 Å². The molecule has 0 atom stereocenters. The summed E-state index contributed by atoms with van der Waals surface area (Å²) in [5, 5.41) is 27.6. The number of hydrogen-bond donors (Lipinski definition) is 2. The first-order valence-electron chi connectivity index (χ1n) is 6.01. The van der Waals surface area contributed by atoms with Crippen molar-refractivity contribution in [2.24, 2.45) is 0 Å². The topological polar surface area (TPSA) is 90.5 Å². The van der Waals surface area contributed by atoms with Crippen molar-refractivity contribution in [3.63, 3.8) is 0 Å². The molecule has 0 radical (unpaired) electrons. The van der Waals surface area contributed by atoms with E-state index in [0.29, 0.717) is 11.3 Å². The summed E-state index contributed by atoms with van der Waals surface area (Å²) in [6, 6.07) is 14.1. The van der Waals surface area contributed by atoms with Crippen molar-refractivity contribution in [2.45, 2.75) is 0 Å². The summed E-state index contributed by atoms with van der Waals surface area (Å²) < 4.78 is 5.05. The van der Waals surface area contributed by atoms with E-state index in [9.17, 15) is 15.0 Å². The highest BCUT2D eigenvalue weighted by Crippen LogP contribution is 2.26. The van der Waals surface area contributed by atoms with Crippen LogP contribution in [0.5, 0.6) is 17.2 Å². The zero-order chi connectivity index (χ0) is 15.2. The number of nitrogens with zero attached hydrogens (tertiary/aromatic N) is 1. The van der Waals surface area contributed by atoms with Gasteiger partial charge in [-0.2, -0.15) is 5.26 Å². The summed E-state index contributed by atoms with van der Waals surface area (Å²) in [5.41, 5.74) is 0.177. The molecule has 0 saturated carbocycles. The number of aromatic hydroxyl groups is 2. The Morgan fingerprint density at radius 3 is 2.43 bits per heavy atom. The maximum atomic E-state index is 11.9. The molecule has 0 aliphatic heterocycles. The van der Waals surface area contributed by atoms with Crippen molar-refractivity contribution in [3.8, 4) is 23.3 Å². The number of carbonyl (C=O) groups excluding carboxylic acids is 1. The minimum absolute atomic E-state index is 0.219. The van der Waals surface area contributed by atoms with Crippen LogP contribution in [-0.4, -0.2) is 16.2 Å². The number of phenolic OH excluding ortho intramolecular Hbond substituents is 2. The molecule has 0 bridgehead atoms. The molecular weight excluding hydrogens is 270 g/mol. The Bertz CT molecular complexity index is 730. The fourth-order valence-electron chi connectivity index (χ4n) is 1.58. The van der Waals surface area contributed by atoms with E-state index >= 15 is 0 Å². The van der Waals surface area contributed by atoms with Crippen molar-refractivity contribution in [3.05, 3.63) is 59.7 Å². The van der Waals surface area contributed by atoms with Gasteiger partial charge in [-0.25, -0.2) is 4.79 Å². The van der Waals surface area contributed by atoms with E-state index < -0.39 is 5.97 Å². The third kappa shape index (κ3) is 3.61. The number of para-hydroxylation sites is 1. The third-order valence-electron chi connectivity index (χ3n) is 2.60. The standard InChI is InChI=1S/C16H11NO4/c17-10-12(8-11-6-7-14(18)15(19)9-11)16(20)21-13-4-2-1-3-5-13/h1-9,18-19H/b12-8+. The molecule has 2 aromatic rings. The fourth-order valence-corrected chi connectivity index (χ4v) is 1.58. The van der Waals surface area contributed by atoms with Gasteiger partial charge in [-0.1, -0.05) is 24.3 Å². The molecule has 0 saturated heterocycles. The van der Waals surface area contributed by atoms with E-state index in [-0.39, 0.29) is 17.1 Å². The smallest absolute Gasteiger partial charge is 0.354 e. The van der Waals surface area contributed by atoms with Crippen LogP contribution in [0.3, 0.4) is 0 Å². The second-order valence-electron chi connectivity index (χ2n) is 4.12. The van der Waals surface area contributed by atoms with Crippen LogP contribution in [0, 0.1) is 11.3 Å². The monoisotopic (exact) mass is 281 g/mol. The van der Waals surface area contributed by atoms with Crippen molar-refractivity contribution >= 4 is 12.0 Å². The van der Waals surface area contributed by atoms with E-state index in [0.717, 1.165) is 0 Å². The van der Waals surface area contributed by atoms with E-state index in [1.54, 1.807) is 36.4 Å². The van der Waals surface area contributed by atoms with Crippen LogP contribution in [0.2, 0.25) is 0 Å².